The molecule has 184 valence electrons. The zero-order chi connectivity index (χ0) is 25.2. The fraction of sp³-hybridized carbons (Fsp3) is 0.240. The highest BCUT2D eigenvalue weighted by Gasteiger charge is 2.32. The normalized spacial score (nSPS) is 13.8. The van der Waals surface area contributed by atoms with Crippen LogP contribution in [-0.4, -0.2) is 43.9 Å². The van der Waals surface area contributed by atoms with Gasteiger partial charge in [0.15, 0.2) is 22.7 Å². The first kappa shape index (κ1) is 24.0. The number of hydrogen-bond acceptors (Lipinski definition) is 8. The molecule has 0 radical (unpaired) electrons. The highest BCUT2D eigenvalue weighted by molar-refractivity contribution is 7.99. The monoisotopic (exact) mass is 520 g/mol. The lowest BCUT2D eigenvalue weighted by Crippen LogP contribution is -2.41. The molecule has 4 aromatic rings. The lowest BCUT2D eigenvalue weighted by molar-refractivity contribution is -0.121. The predicted octanol–water partition coefficient (Wildman–Crippen LogP) is 4.46. The Balaban J connectivity index is 1.23. The number of anilines is 2. The van der Waals surface area contributed by atoms with Crippen molar-refractivity contribution >= 4 is 45.7 Å². The van der Waals surface area contributed by atoms with Crippen LogP contribution in [0.25, 0.3) is 11.3 Å². The van der Waals surface area contributed by atoms with Gasteiger partial charge in [-0.15, -0.1) is 21.5 Å². The molecule has 0 saturated heterocycles. The zero-order valence-electron chi connectivity index (χ0n) is 20.0. The van der Waals surface area contributed by atoms with Crippen LogP contribution >= 0.6 is 23.1 Å². The molecule has 2 aromatic heterocycles. The van der Waals surface area contributed by atoms with Gasteiger partial charge in [0.25, 0.3) is 5.91 Å². The average Bonchev–Trinajstić information content (AvgIpc) is 3.49. The van der Waals surface area contributed by atoms with E-state index in [0.29, 0.717) is 27.5 Å². The van der Waals surface area contributed by atoms with Crippen LogP contribution < -0.4 is 15.0 Å². The van der Waals surface area contributed by atoms with Gasteiger partial charge in [-0.05, 0) is 26.0 Å². The summed E-state index contributed by atoms with van der Waals surface area (Å²) in [5.74, 6) is 1.10. The molecule has 0 unspecified atom stereocenters. The molecule has 0 fully saturated rings. The Bertz CT molecular complexity index is 1420. The van der Waals surface area contributed by atoms with Crippen LogP contribution in [0.1, 0.15) is 24.4 Å². The van der Waals surface area contributed by atoms with Crippen LogP contribution in [0.15, 0.2) is 59.1 Å². The van der Waals surface area contributed by atoms with Crippen molar-refractivity contribution in [3.8, 4) is 17.0 Å². The van der Waals surface area contributed by atoms with Crippen molar-refractivity contribution in [1.29, 1.82) is 0 Å². The Kier molecular flexibility index (Phi) is 6.75. The van der Waals surface area contributed by atoms with Gasteiger partial charge in [0.05, 0.1) is 23.2 Å². The largest absolute Gasteiger partial charge is 0.482 e. The number of nitrogens with zero attached hydrogens (tertiary/aromatic N) is 5. The van der Waals surface area contributed by atoms with E-state index in [1.165, 1.54) is 28.7 Å². The molecule has 1 N–H and O–H groups in total. The molecular weight excluding hydrogens is 496 g/mol. The van der Waals surface area contributed by atoms with Crippen LogP contribution in [0.2, 0.25) is 0 Å². The number of aryl methyl sites for hydroxylation is 1. The first-order valence-corrected chi connectivity index (χ1v) is 13.2. The van der Waals surface area contributed by atoms with Gasteiger partial charge in [0.2, 0.25) is 5.91 Å². The van der Waals surface area contributed by atoms with Gasteiger partial charge in [-0.3, -0.25) is 14.5 Å². The molecule has 9 nitrogen and oxygen atoms in total. The Labute approximate surface area is 216 Å². The topological polar surface area (TPSA) is 102 Å². The molecule has 0 bridgehead atoms. The molecule has 0 aliphatic carbocycles. The van der Waals surface area contributed by atoms with Crippen LogP contribution in [0.4, 0.5) is 10.8 Å². The number of fused-ring (bicyclic) bond motifs is 1. The number of thiazole rings is 1. The van der Waals surface area contributed by atoms with Gasteiger partial charge in [-0.1, -0.05) is 53.7 Å². The number of para-hydroxylation sites is 2. The van der Waals surface area contributed by atoms with Crippen molar-refractivity contribution in [2.45, 2.75) is 25.0 Å². The minimum absolute atomic E-state index is 0.0244. The molecular formula is C25H24N6O3S2. The number of carbonyl (C=O) groups excluding carboxylic acids is 2. The number of ether oxygens (including phenoxy) is 1. The molecule has 0 spiro atoms. The smallest absolute Gasteiger partial charge is 0.265 e. The summed E-state index contributed by atoms with van der Waals surface area (Å²) >= 11 is 2.66. The fourth-order valence-electron chi connectivity index (χ4n) is 3.95. The van der Waals surface area contributed by atoms with Crippen molar-refractivity contribution < 1.29 is 14.3 Å². The van der Waals surface area contributed by atoms with Gasteiger partial charge in [-0.25, -0.2) is 4.98 Å². The van der Waals surface area contributed by atoms with Crippen molar-refractivity contribution in [3.63, 3.8) is 0 Å². The molecule has 3 heterocycles. The van der Waals surface area contributed by atoms with E-state index >= 15 is 0 Å². The summed E-state index contributed by atoms with van der Waals surface area (Å²) in [4.78, 5) is 31.4. The van der Waals surface area contributed by atoms with Gasteiger partial charge in [0.1, 0.15) is 5.75 Å². The number of hydrogen-bond donors (Lipinski definition) is 1. The molecule has 2 aromatic carbocycles. The second kappa shape index (κ2) is 10.1. The summed E-state index contributed by atoms with van der Waals surface area (Å²) in [6.45, 7) is 3.92. The standard InChI is InChI=1S/C25H24N6O3S2/c1-15-8-10-17(11-9-15)18-13-35-24(26-18)27-21(32)14-36-25-29-28-23(30(25)3)16(2)31-19-6-4-5-7-20(19)34-12-22(31)33/h4-11,13,16H,12,14H2,1-3H3,(H,26,27,32)/t16-/m0/s1. The van der Waals surface area contributed by atoms with E-state index < -0.39 is 0 Å². The molecule has 5 rings (SSSR count). The van der Waals surface area contributed by atoms with Crippen LogP contribution in [0.5, 0.6) is 5.75 Å². The number of aromatic nitrogens is 4. The molecule has 2 amide bonds. The van der Waals surface area contributed by atoms with Gasteiger partial charge < -0.3 is 14.6 Å². The number of thioether (sulfide) groups is 1. The van der Waals surface area contributed by atoms with Gasteiger partial charge >= 0.3 is 0 Å². The van der Waals surface area contributed by atoms with E-state index in [0.717, 1.165) is 11.3 Å². The summed E-state index contributed by atoms with van der Waals surface area (Å²) in [5.41, 5.74) is 3.72. The van der Waals surface area contributed by atoms with E-state index in [1.54, 1.807) is 4.90 Å². The van der Waals surface area contributed by atoms with E-state index in [-0.39, 0.29) is 30.2 Å². The zero-order valence-corrected chi connectivity index (χ0v) is 21.6. The Hall–Kier alpha value is -3.70. The number of nitrogens with one attached hydrogen (secondary N) is 1. The molecule has 1 aliphatic heterocycles. The third-order valence-corrected chi connectivity index (χ3v) is 7.58. The molecule has 11 heteroatoms. The van der Waals surface area contributed by atoms with E-state index in [2.05, 4.69) is 20.5 Å². The average molecular weight is 521 g/mol. The van der Waals surface area contributed by atoms with Crippen molar-refractivity contribution in [1.82, 2.24) is 19.7 Å². The van der Waals surface area contributed by atoms with Crippen LogP contribution in [0.3, 0.4) is 0 Å². The number of amides is 2. The number of benzene rings is 2. The Morgan fingerprint density at radius 1 is 1.19 bits per heavy atom. The Morgan fingerprint density at radius 3 is 2.78 bits per heavy atom. The first-order chi connectivity index (χ1) is 17.4. The van der Waals surface area contributed by atoms with Crippen molar-refractivity contribution in [3.05, 3.63) is 65.3 Å². The minimum atomic E-state index is -0.362. The van der Waals surface area contributed by atoms with Crippen LogP contribution in [-0.2, 0) is 16.6 Å². The molecule has 0 saturated carbocycles. The van der Waals surface area contributed by atoms with E-state index in [4.69, 9.17) is 4.74 Å². The quantitative estimate of drug-likeness (QED) is 0.359. The maximum atomic E-state index is 12.7. The van der Waals surface area contributed by atoms with Crippen molar-refractivity contribution in [2.75, 3.05) is 22.6 Å². The molecule has 1 aliphatic rings. The summed E-state index contributed by atoms with van der Waals surface area (Å²) in [6, 6.07) is 15.2. The maximum Gasteiger partial charge on any atom is 0.265 e. The first-order valence-electron chi connectivity index (χ1n) is 11.3. The number of rotatable bonds is 7. The van der Waals surface area contributed by atoms with E-state index in [1.807, 2.05) is 79.4 Å². The van der Waals surface area contributed by atoms with Gasteiger partial charge in [-0.2, -0.15) is 0 Å². The fourth-order valence-corrected chi connectivity index (χ4v) is 5.40. The summed E-state index contributed by atoms with van der Waals surface area (Å²) in [6.07, 6.45) is 0. The lowest BCUT2D eigenvalue weighted by atomic mass is 10.1. The molecule has 36 heavy (non-hydrogen) atoms. The summed E-state index contributed by atoms with van der Waals surface area (Å²) < 4.78 is 7.36. The lowest BCUT2D eigenvalue weighted by Gasteiger charge is -2.33. The number of carbonyl (C=O) groups is 2. The van der Waals surface area contributed by atoms with Gasteiger partial charge in [0, 0.05) is 18.0 Å². The molecule has 1 atom stereocenters. The maximum absolute atomic E-state index is 12.7. The summed E-state index contributed by atoms with van der Waals surface area (Å²) in [7, 11) is 1.83. The predicted molar refractivity (Wildman–Crippen MR) is 140 cm³/mol. The Morgan fingerprint density at radius 2 is 1.97 bits per heavy atom. The summed E-state index contributed by atoms with van der Waals surface area (Å²) in [5, 5.41) is 14.5. The second-order valence-electron chi connectivity index (χ2n) is 8.34. The van der Waals surface area contributed by atoms with Crippen molar-refractivity contribution in [2.24, 2.45) is 7.05 Å². The third-order valence-electron chi connectivity index (χ3n) is 5.80. The third kappa shape index (κ3) is 4.84. The highest BCUT2D eigenvalue weighted by Crippen LogP contribution is 2.37. The highest BCUT2D eigenvalue weighted by atomic mass is 32.2. The second-order valence-corrected chi connectivity index (χ2v) is 10.1. The van der Waals surface area contributed by atoms with Crippen LogP contribution in [0, 0.1) is 6.92 Å². The SMILES string of the molecule is Cc1ccc(-c2csc(NC(=O)CSc3nnc([C@H](C)N4C(=O)COc5ccccc54)n3C)n2)cc1. The van der Waals surface area contributed by atoms with E-state index in [9.17, 15) is 9.59 Å². The minimum Gasteiger partial charge on any atom is -0.482 e.